The Kier molecular flexibility index (Phi) is 3.82. The van der Waals surface area contributed by atoms with E-state index >= 15 is 0 Å². The average molecular weight is 239 g/mol. The number of nitrogens with zero attached hydrogens (tertiary/aromatic N) is 2. The van der Waals surface area contributed by atoms with Gasteiger partial charge >= 0.3 is 0 Å². The molecule has 0 aliphatic rings. The summed E-state index contributed by atoms with van der Waals surface area (Å²) in [5.74, 6) is 0. The molecule has 1 N–H and O–H groups in total. The molecule has 0 spiro atoms. The highest BCUT2D eigenvalue weighted by molar-refractivity contribution is 7.07. The van der Waals surface area contributed by atoms with E-state index < -0.39 is 0 Å². The lowest BCUT2D eigenvalue weighted by atomic mass is 10.1. The summed E-state index contributed by atoms with van der Waals surface area (Å²) in [7, 11) is 1.97. The van der Waals surface area contributed by atoms with Gasteiger partial charge in [-0.25, -0.2) is 0 Å². The van der Waals surface area contributed by atoms with Crippen LogP contribution in [0, 0.1) is 0 Å². The molecule has 3 nitrogen and oxygen atoms in total. The third-order valence-corrected chi connectivity index (χ3v) is 3.61. The predicted octanol–water partition coefficient (Wildman–Crippen LogP) is 2.49. The van der Waals surface area contributed by atoms with Crippen molar-refractivity contribution in [3.8, 4) is 0 Å². The maximum absolute atomic E-state index is 4.26. The molecule has 0 bridgehead atoms. The molecule has 0 aliphatic heterocycles. The lowest BCUT2D eigenvalue weighted by Crippen LogP contribution is -2.17. The minimum absolute atomic E-state index is 0.323. The second-order valence-corrected chi connectivity index (χ2v) is 4.68. The fourth-order valence-corrected chi connectivity index (χ4v) is 2.69. The van der Waals surface area contributed by atoms with Gasteiger partial charge < -0.3 is 5.32 Å². The number of nitrogens with one attached hydrogen (secondary N) is 1. The minimum atomic E-state index is 0.323. The summed E-state index contributed by atoms with van der Waals surface area (Å²) < 4.78 is 8.29. The molecule has 2 aromatic heterocycles. The van der Waals surface area contributed by atoms with Crippen molar-refractivity contribution >= 4 is 23.1 Å². The maximum atomic E-state index is 4.26. The maximum Gasteiger partial charge on any atom is 0.0912 e. The van der Waals surface area contributed by atoms with Crippen LogP contribution in [0.5, 0.6) is 0 Å². The number of aromatic nitrogens is 2. The quantitative estimate of drug-likeness (QED) is 0.871. The van der Waals surface area contributed by atoms with Crippen LogP contribution in [-0.2, 0) is 6.42 Å². The molecule has 0 saturated carbocycles. The molecule has 0 radical (unpaired) electrons. The van der Waals surface area contributed by atoms with Crippen molar-refractivity contribution in [1.29, 1.82) is 0 Å². The normalized spacial score (nSPS) is 12.9. The Morgan fingerprint density at radius 2 is 2.47 bits per heavy atom. The molecule has 2 rings (SSSR count). The van der Waals surface area contributed by atoms with Crippen molar-refractivity contribution in [3.05, 3.63) is 34.3 Å². The lowest BCUT2D eigenvalue weighted by molar-refractivity contribution is 0.540. The van der Waals surface area contributed by atoms with Gasteiger partial charge in [-0.1, -0.05) is 0 Å². The fraction of sp³-hybridized carbons (Fsp3) is 0.400. The number of hydrogen-bond donors (Lipinski definition) is 1. The first-order valence-corrected chi connectivity index (χ1v) is 6.53. The second kappa shape index (κ2) is 5.34. The Hall–Kier alpha value is -0.780. The molecule has 0 aliphatic carbocycles. The van der Waals surface area contributed by atoms with E-state index in [1.54, 1.807) is 11.3 Å². The van der Waals surface area contributed by atoms with Crippen molar-refractivity contribution in [2.45, 2.75) is 18.9 Å². The van der Waals surface area contributed by atoms with Gasteiger partial charge in [0.05, 0.1) is 29.7 Å². The van der Waals surface area contributed by atoms with Gasteiger partial charge in [0.1, 0.15) is 0 Å². The van der Waals surface area contributed by atoms with Crippen molar-refractivity contribution in [2.24, 2.45) is 0 Å². The van der Waals surface area contributed by atoms with E-state index in [-0.39, 0.29) is 0 Å². The summed E-state index contributed by atoms with van der Waals surface area (Å²) in [5.41, 5.74) is 2.46. The average Bonchev–Trinajstić information content (AvgIpc) is 2.90. The fourth-order valence-electron chi connectivity index (χ4n) is 1.51. The van der Waals surface area contributed by atoms with E-state index in [1.807, 2.05) is 13.2 Å². The smallest absolute Gasteiger partial charge is 0.0912 e. The predicted molar refractivity (Wildman–Crippen MR) is 64.3 cm³/mol. The molecule has 15 heavy (non-hydrogen) atoms. The molecular weight excluding hydrogens is 226 g/mol. The van der Waals surface area contributed by atoms with Crippen LogP contribution in [0.4, 0.5) is 0 Å². The monoisotopic (exact) mass is 239 g/mol. The molecule has 1 unspecified atom stereocenters. The molecule has 80 valence electrons. The SMILES string of the molecule is CNC(CCc1ccsc1)c1cnsn1. The molecule has 5 heteroatoms. The molecule has 0 aromatic carbocycles. The van der Waals surface area contributed by atoms with E-state index in [4.69, 9.17) is 0 Å². The summed E-state index contributed by atoms with van der Waals surface area (Å²) in [4.78, 5) is 0. The zero-order valence-corrected chi connectivity index (χ0v) is 10.1. The summed E-state index contributed by atoms with van der Waals surface area (Å²) in [5, 5.41) is 7.59. The van der Waals surface area contributed by atoms with Crippen LogP contribution in [0.25, 0.3) is 0 Å². The van der Waals surface area contributed by atoms with E-state index in [2.05, 4.69) is 30.9 Å². The van der Waals surface area contributed by atoms with Crippen molar-refractivity contribution in [2.75, 3.05) is 7.05 Å². The second-order valence-electron chi connectivity index (χ2n) is 3.34. The summed E-state index contributed by atoms with van der Waals surface area (Å²) in [6.45, 7) is 0. The van der Waals surface area contributed by atoms with Gasteiger partial charge in [0.25, 0.3) is 0 Å². The van der Waals surface area contributed by atoms with E-state index in [0.717, 1.165) is 18.5 Å². The van der Waals surface area contributed by atoms with Crippen molar-refractivity contribution < 1.29 is 0 Å². The zero-order chi connectivity index (χ0) is 10.5. The van der Waals surface area contributed by atoms with Crippen LogP contribution in [0.3, 0.4) is 0 Å². The number of rotatable bonds is 5. The standard InChI is InChI=1S/C10H13N3S2/c1-11-9(10-6-12-15-13-10)3-2-8-4-5-14-7-8/h4-7,9,11H,2-3H2,1H3. The molecular formula is C10H13N3S2. The Bertz CT molecular complexity index is 369. The lowest BCUT2D eigenvalue weighted by Gasteiger charge is -2.12. The van der Waals surface area contributed by atoms with Crippen molar-refractivity contribution in [1.82, 2.24) is 14.1 Å². The first kappa shape index (κ1) is 10.7. The van der Waals surface area contributed by atoms with Gasteiger partial charge in [0.15, 0.2) is 0 Å². The first-order valence-electron chi connectivity index (χ1n) is 4.86. The van der Waals surface area contributed by atoms with Gasteiger partial charge in [-0.15, -0.1) is 0 Å². The third-order valence-electron chi connectivity index (χ3n) is 2.39. The molecule has 0 fully saturated rings. The first-order chi connectivity index (χ1) is 7.40. The van der Waals surface area contributed by atoms with Crippen LogP contribution >= 0.6 is 23.1 Å². The highest BCUT2D eigenvalue weighted by Gasteiger charge is 2.11. The van der Waals surface area contributed by atoms with Crippen LogP contribution in [0.15, 0.2) is 23.0 Å². The number of aryl methyl sites for hydroxylation is 1. The topological polar surface area (TPSA) is 37.8 Å². The summed E-state index contributed by atoms with van der Waals surface area (Å²) >= 11 is 3.02. The Morgan fingerprint density at radius 1 is 1.53 bits per heavy atom. The van der Waals surface area contributed by atoms with Gasteiger partial charge in [-0.2, -0.15) is 20.1 Å². The molecule has 2 aromatic rings. The van der Waals surface area contributed by atoms with Crippen LogP contribution in [0.2, 0.25) is 0 Å². The van der Waals surface area contributed by atoms with E-state index in [0.29, 0.717) is 6.04 Å². The van der Waals surface area contributed by atoms with Crippen LogP contribution in [0.1, 0.15) is 23.7 Å². The molecule has 0 saturated heterocycles. The number of thiophene rings is 1. The van der Waals surface area contributed by atoms with E-state index in [1.165, 1.54) is 17.3 Å². The highest BCUT2D eigenvalue weighted by Crippen LogP contribution is 2.18. The third kappa shape index (κ3) is 2.84. The molecule has 1 atom stereocenters. The zero-order valence-electron chi connectivity index (χ0n) is 8.51. The Labute approximate surface area is 97.5 Å². The Morgan fingerprint density at radius 3 is 3.07 bits per heavy atom. The molecule has 2 heterocycles. The minimum Gasteiger partial charge on any atom is -0.312 e. The van der Waals surface area contributed by atoms with Crippen LogP contribution in [-0.4, -0.2) is 15.8 Å². The summed E-state index contributed by atoms with van der Waals surface area (Å²) in [6.07, 6.45) is 4.00. The van der Waals surface area contributed by atoms with Crippen molar-refractivity contribution in [3.63, 3.8) is 0 Å². The van der Waals surface area contributed by atoms with Gasteiger partial charge in [0.2, 0.25) is 0 Å². The molecule has 0 amide bonds. The highest BCUT2D eigenvalue weighted by atomic mass is 32.1. The van der Waals surface area contributed by atoms with Crippen LogP contribution < -0.4 is 5.32 Å². The van der Waals surface area contributed by atoms with Gasteiger partial charge in [-0.3, -0.25) is 0 Å². The van der Waals surface area contributed by atoms with Gasteiger partial charge in [0, 0.05) is 0 Å². The number of hydrogen-bond acceptors (Lipinski definition) is 5. The summed E-state index contributed by atoms with van der Waals surface area (Å²) in [6, 6.07) is 2.50. The van der Waals surface area contributed by atoms with E-state index in [9.17, 15) is 0 Å². The largest absolute Gasteiger partial charge is 0.312 e. The Balaban J connectivity index is 1.92. The van der Waals surface area contributed by atoms with Gasteiger partial charge in [-0.05, 0) is 42.3 Å².